The van der Waals surface area contributed by atoms with Crippen molar-refractivity contribution in [2.45, 2.75) is 12.6 Å². The molecule has 0 spiro atoms. The lowest BCUT2D eigenvalue weighted by Crippen LogP contribution is -2.39. The van der Waals surface area contributed by atoms with Gasteiger partial charge in [0.25, 0.3) is 11.8 Å². The molecule has 7 nitrogen and oxygen atoms in total. The monoisotopic (exact) mass is 451 g/mol. The molecule has 2 amide bonds. The van der Waals surface area contributed by atoms with Crippen LogP contribution in [0.4, 0.5) is 0 Å². The average Bonchev–Trinajstić information content (AvgIpc) is 3.38. The summed E-state index contributed by atoms with van der Waals surface area (Å²) in [6.07, 6.45) is 0. The van der Waals surface area contributed by atoms with Gasteiger partial charge >= 0.3 is 0 Å². The Morgan fingerprint density at radius 2 is 1.66 bits per heavy atom. The molecule has 0 aliphatic carbocycles. The van der Waals surface area contributed by atoms with E-state index < -0.39 is 17.9 Å². The molecular formula is C24H25N3O4S. The van der Waals surface area contributed by atoms with E-state index in [1.807, 2.05) is 12.1 Å². The molecular weight excluding hydrogens is 426 g/mol. The van der Waals surface area contributed by atoms with Gasteiger partial charge in [-0.25, -0.2) is 5.48 Å². The molecule has 3 N–H and O–H groups in total. The number of benzene rings is 2. The van der Waals surface area contributed by atoms with E-state index in [0.29, 0.717) is 11.1 Å². The summed E-state index contributed by atoms with van der Waals surface area (Å²) in [5.41, 5.74) is 5.99. The van der Waals surface area contributed by atoms with Crippen molar-refractivity contribution in [2.24, 2.45) is 0 Å². The van der Waals surface area contributed by atoms with E-state index in [1.54, 1.807) is 34.4 Å². The summed E-state index contributed by atoms with van der Waals surface area (Å²) >= 11 is 1.41. The summed E-state index contributed by atoms with van der Waals surface area (Å²) in [5, 5.41) is 15.2. The third-order valence-electron chi connectivity index (χ3n) is 5.47. The number of morpholine rings is 1. The molecule has 8 heteroatoms. The zero-order chi connectivity index (χ0) is 22.3. The number of hydroxylamine groups is 1. The molecule has 0 bridgehead atoms. The van der Waals surface area contributed by atoms with Crippen molar-refractivity contribution in [1.29, 1.82) is 0 Å². The number of nitrogens with one attached hydrogen (secondary N) is 2. The van der Waals surface area contributed by atoms with Crippen LogP contribution in [0.5, 0.6) is 0 Å². The fraction of sp³-hybridized carbons (Fsp3) is 0.250. The SMILES string of the molecule is O=C(N[C@H](C(=O)NO)c1ccsc1)c1ccc(-c2ccc(CN3CCOCC3)cc2)cc1. The summed E-state index contributed by atoms with van der Waals surface area (Å²) in [4.78, 5) is 27.0. The Hall–Kier alpha value is -3.04. The van der Waals surface area contributed by atoms with Crippen LogP contribution in [0.25, 0.3) is 11.1 Å². The largest absolute Gasteiger partial charge is 0.379 e. The Labute approximate surface area is 190 Å². The second kappa shape index (κ2) is 10.5. The van der Waals surface area contributed by atoms with E-state index in [2.05, 4.69) is 34.5 Å². The molecule has 166 valence electrons. The average molecular weight is 452 g/mol. The number of thiophene rings is 1. The van der Waals surface area contributed by atoms with E-state index in [-0.39, 0.29) is 0 Å². The molecule has 1 aliphatic rings. The second-order valence-corrected chi connectivity index (χ2v) is 8.38. The lowest BCUT2D eigenvalue weighted by molar-refractivity contribution is -0.131. The summed E-state index contributed by atoms with van der Waals surface area (Å²) in [6, 6.07) is 16.4. The molecule has 0 unspecified atom stereocenters. The zero-order valence-corrected chi connectivity index (χ0v) is 18.3. The van der Waals surface area contributed by atoms with Crippen molar-refractivity contribution in [1.82, 2.24) is 15.7 Å². The van der Waals surface area contributed by atoms with Crippen molar-refractivity contribution < 1.29 is 19.5 Å². The molecule has 0 saturated carbocycles. The van der Waals surface area contributed by atoms with Crippen LogP contribution in [-0.2, 0) is 16.1 Å². The van der Waals surface area contributed by atoms with Crippen LogP contribution >= 0.6 is 11.3 Å². The van der Waals surface area contributed by atoms with E-state index >= 15 is 0 Å². The summed E-state index contributed by atoms with van der Waals surface area (Å²) < 4.78 is 5.40. The Kier molecular flexibility index (Phi) is 7.28. The number of nitrogens with zero attached hydrogens (tertiary/aromatic N) is 1. The molecule has 1 saturated heterocycles. The number of carbonyl (C=O) groups is 2. The van der Waals surface area contributed by atoms with Crippen LogP contribution in [0.15, 0.2) is 65.4 Å². The molecule has 4 rings (SSSR count). The highest BCUT2D eigenvalue weighted by Gasteiger charge is 2.23. The summed E-state index contributed by atoms with van der Waals surface area (Å²) in [6.45, 7) is 4.40. The van der Waals surface area contributed by atoms with Gasteiger partial charge in [-0.05, 0) is 51.2 Å². The first-order valence-corrected chi connectivity index (χ1v) is 11.3. The maximum atomic E-state index is 12.7. The number of rotatable bonds is 7. The van der Waals surface area contributed by atoms with Crippen LogP contribution in [0, 0.1) is 0 Å². The molecule has 1 aliphatic heterocycles. The highest BCUT2D eigenvalue weighted by molar-refractivity contribution is 7.08. The molecule has 0 radical (unpaired) electrons. The first-order valence-electron chi connectivity index (χ1n) is 10.4. The number of hydrogen-bond acceptors (Lipinski definition) is 6. The second-order valence-electron chi connectivity index (χ2n) is 7.60. The van der Waals surface area contributed by atoms with Crippen LogP contribution in [-0.4, -0.2) is 48.2 Å². The molecule has 1 aromatic heterocycles. The van der Waals surface area contributed by atoms with E-state index in [9.17, 15) is 9.59 Å². The zero-order valence-electron chi connectivity index (χ0n) is 17.5. The van der Waals surface area contributed by atoms with Crippen LogP contribution in [0.2, 0.25) is 0 Å². The summed E-state index contributed by atoms with van der Waals surface area (Å²) in [5.74, 6) is -1.08. The van der Waals surface area contributed by atoms with Gasteiger partial charge in [0.15, 0.2) is 0 Å². The standard InChI is InChI=1S/C24H25N3O4S/c28-23(25-22(24(29)26-30)21-9-14-32-16-21)20-7-5-19(6-8-20)18-3-1-17(2-4-18)15-27-10-12-31-13-11-27/h1-9,14,16,22,30H,10-13,15H2,(H,25,28)(H,26,29)/t22-/m0/s1. The Morgan fingerprint density at radius 3 is 2.25 bits per heavy atom. The maximum absolute atomic E-state index is 12.7. The lowest BCUT2D eigenvalue weighted by atomic mass is 10.0. The normalized spacial score (nSPS) is 15.2. The first kappa shape index (κ1) is 22.2. The van der Waals surface area contributed by atoms with Gasteiger partial charge in [-0.1, -0.05) is 36.4 Å². The fourth-order valence-corrected chi connectivity index (χ4v) is 4.34. The van der Waals surface area contributed by atoms with Gasteiger partial charge < -0.3 is 10.1 Å². The quantitative estimate of drug-likeness (QED) is 0.379. The van der Waals surface area contributed by atoms with Gasteiger partial charge in [-0.15, -0.1) is 0 Å². The minimum absolute atomic E-state index is 0.391. The van der Waals surface area contributed by atoms with E-state index in [4.69, 9.17) is 9.94 Å². The van der Waals surface area contributed by atoms with E-state index in [1.165, 1.54) is 16.9 Å². The molecule has 1 atom stereocenters. The molecule has 3 aromatic rings. The number of amides is 2. The van der Waals surface area contributed by atoms with Crippen LogP contribution in [0.3, 0.4) is 0 Å². The third kappa shape index (κ3) is 5.41. The predicted molar refractivity (Wildman–Crippen MR) is 122 cm³/mol. The topological polar surface area (TPSA) is 90.9 Å². The van der Waals surface area contributed by atoms with Crippen molar-refractivity contribution in [3.05, 3.63) is 82.0 Å². The van der Waals surface area contributed by atoms with Crippen molar-refractivity contribution in [2.75, 3.05) is 26.3 Å². The van der Waals surface area contributed by atoms with Crippen LogP contribution < -0.4 is 10.8 Å². The van der Waals surface area contributed by atoms with Crippen LogP contribution in [0.1, 0.15) is 27.5 Å². The Morgan fingerprint density at radius 1 is 1.00 bits per heavy atom. The minimum Gasteiger partial charge on any atom is -0.379 e. The lowest BCUT2D eigenvalue weighted by Gasteiger charge is -2.26. The van der Waals surface area contributed by atoms with Gasteiger partial charge in [0.1, 0.15) is 6.04 Å². The third-order valence-corrected chi connectivity index (χ3v) is 6.17. The molecule has 32 heavy (non-hydrogen) atoms. The van der Waals surface area contributed by atoms with Gasteiger partial charge in [0.2, 0.25) is 0 Å². The van der Waals surface area contributed by atoms with E-state index in [0.717, 1.165) is 44.0 Å². The van der Waals surface area contributed by atoms with Crippen molar-refractivity contribution in [3.8, 4) is 11.1 Å². The fourth-order valence-electron chi connectivity index (χ4n) is 3.65. The molecule has 1 fully saturated rings. The van der Waals surface area contributed by atoms with Gasteiger partial charge in [-0.3, -0.25) is 19.7 Å². The Balaban J connectivity index is 1.41. The molecule has 2 heterocycles. The smallest absolute Gasteiger partial charge is 0.270 e. The van der Waals surface area contributed by atoms with Gasteiger partial charge in [0, 0.05) is 25.2 Å². The Bertz CT molecular complexity index is 1030. The highest BCUT2D eigenvalue weighted by Crippen LogP contribution is 2.22. The molecule has 2 aromatic carbocycles. The number of hydrogen-bond donors (Lipinski definition) is 3. The predicted octanol–water partition coefficient (Wildman–Crippen LogP) is 3.22. The first-order chi connectivity index (χ1) is 15.6. The maximum Gasteiger partial charge on any atom is 0.270 e. The summed E-state index contributed by atoms with van der Waals surface area (Å²) in [7, 11) is 0. The number of carbonyl (C=O) groups excluding carboxylic acids is 2. The highest BCUT2D eigenvalue weighted by atomic mass is 32.1. The number of ether oxygens (including phenoxy) is 1. The minimum atomic E-state index is -0.961. The van der Waals surface area contributed by atoms with Gasteiger partial charge in [-0.2, -0.15) is 11.3 Å². The van der Waals surface area contributed by atoms with Crippen molar-refractivity contribution in [3.63, 3.8) is 0 Å². The van der Waals surface area contributed by atoms with Gasteiger partial charge in [0.05, 0.1) is 13.2 Å². The van der Waals surface area contributed by atoms with Crippen molar-refractivity contribution >= 4 is 23.2 Å².